The average molecular weight is 397 g/mol. The second-order valence-corrected chi connectivity index (χ2v) is 7.83. The molecule has 0 bridgehead atoms. The van der Waals surface area contributed by atoms with Crippen molar-refractivity contribution in [3.8, 4) is 5.75 Å². The summed E-state index contributed by atoms with van der Waals surface area (Å²) in [6, 6.07) is 8.55. The van der Waals surface area contributed by atoms with E-state index in [-0.39, 0.29) is 19.1 Å². The zero-order valence-corrected chi connectivity index (χ0v) is 15.0. The van der Waals surface area contributed by atoms with Crippen LogP contribution in [0.1, 0.15) is 12.6 Å². The molecule has 144 valence electrons. The molecule has 2 saturated heterocycles. The van der Waals surface area contributed by atoms with Crippen molar-refractivity contribution in [2.24, 2.45) is 5.92 Å². The Morgan fingerprint density at radius 3 is 2.78 bits per heavy atom. The minimum atomic E-state index is -3.79. The minimum absolute atomic E-state index is 0.0465. The van der Waals surface area contributed by atoms with Crippen molar-refractivity contribution < 1.29 is 27.3 Å². The van der Waals surface area contributed by atoms with Crippen LogP contribution in [0, 0.1) is 11.7 Å². The van der Waals surface area contributed by atoms with E-state index in [9.17, 15) is 13.8 Å². The molecule has 4 rings (SSSR count). The normalized spacial score (nSPS) is 30.5. The molecule has 0 spiro atoms. The number of halogens is 1. The van der Waals surface area contributed by atoms with E-state index < -0.39 is 37.5 Å². The third-order valence-corrected chi connectivity index (χ3v) is 5.78. The zero-order chi connectivity index (χ0) is 19.0. The van der Waals surface area contributed by atoms with Gasteiger partial charge in [0.25, 0.3) is 0 Å². The van der Waals surface area contributed by atoms with E-state index in [1.54, 1.807) is 30.3 Å². The Kier molecular flexibility index (Phi) is 4.73. The van der Waals surface area contributed by atoms with Gasteiger partial charge in [0, 0.05) is 12.3 Å². The first-order chi connectivity index (χ1) is 12.9. The van der Waals surface area contributed by atoms with E-state index >= 15 is 0 Å². The van der Waals surface area contributed by atoms with Gasteiger partial charge in [-0.3, -0.25) is 13.6 Å². The first-order valence-electron chi connectivity index (χ1n) is 8.27. The molecule has 2 N–H and O–H groups in total. The predicted octanol–water partition coefficient (Wildman–Crippen LogP) is 2.10. The number of phosphoric acid groups is 1. The van der Waals surface area contributed by atoms with Crippen LogP contribution in [-0.4, -0.2) is 28.9 Å². The average Bonchev–Trinajstić information content (AvgIpc) is 2.99. The lowest BCUT2D eigenvalue weighted by Gasteiger charge is -2.18. The maximum atomic E-state index is 13.7. The number of para-hydroxylation sites is 1. The van der Waals surface area contributed by atoms with Crippen molar-refractivity contribution in [3.05, 3.63) is 52.8 Å². The summed E-state index contributed by atoms with van der Waals surface area (Å²) in [4.78, 5) is 15.4. The SMILES string of the molecule is Nc1nc(=O)n([C@H]2C[C@@H]3COP(=O)(Oc4ccccc4)OC[C@H]3O2)cc1F. The number of aromatic nitrogens is 2. The van der Waals surface area contributed by atoms with Crippen molar-refractivity contribution >= 4 is 13.6 Å². The maximum Gasteiger partial charge on any atom is 0.530 e. The molecule has 0 radical (unpaired) electrons. The molecule has 1 aromatic carbocycles. The van der Waals surface area contributed by atoms with Gasteiger partial charge in [-0.1, -0.05) is 18.2 Å². The number of benzene rings is 1. The fraction of sp³-hybridized carbons (Fsp3) is 0.375. The number of nitrogens with zero attached hydrogens (tertiary/aromatic N) is 2. The van der Waals surface area contributed by atoms with Crippen molar-refractivity contribution in [2.45, 2.75) is 18.8 Å². The highest BCUT2D eigenvalue weighted by Crippen LogP contribution is 2.53. The van der Waals surface area contributed by atoms with E-state index in [4.69, 9.17) is 24.0 Å². The summed E-state index contributed by atoms with van der Waals surface area (Å²) in [5, 5.41) is 0. The van der Waals surface area contributed by atoms with Crippen molar-refractivity contribution in [2.75, 3.05) is 18.9 Å². The molecule has 3 heterocycles. The number of phosphoric ester groups is 1. The van der Waals surface area contributed by atoms with Crippen molar-refractivity contribution in [3.63, 3.8) is 0 Å². The molecule has 4 atom stereocenters. The molecule has 2 fully saturated rings. The second kappa shape index (κ2) is 7.05. The summed E-state index contributed by atoms with van der Waals surface area (Å²) in [6.45, 7) is -0.00414. The van der Waals surface area contributed by atoms with Gasteiger partial charge in [-0.2, -0.15) is 4.98 Å². The molecule has 11 heteroatoms. The molecule has 2 aliphatic heterocycles. The van der Waals surface area contributed by atoms with Crippen LogP contribution in [0.4, 0.5) is 10.2 Å². The minimum Gasteiger partial charge on any atom is -0.404 e. The van der Waals surface area contributed by atoms with Crippen LogP contribution >= 0.6 is 7.82 Å². The summed E-state index contributed by atoms with van der Waals surface area (Å²) >= 11 is 0. The highest BCUT2D eigenvalue weighted by atomic mass is 31.2. The summed E-state index contributed by atoms with van der Waals surface area (Å²) in [5.74, 6) is -1.12. The molecule has 27 heavy (non-hydrogen) atoms. The Labute approximate surface area is 153 Å². The molecule has 9 nitrogen and oxygen atoms in total. The molecule has 0 aliphatic carbocycles. The monoisotopic (exact) mass is 397 g/mol. The van der Waals surface area contributed by atoms with Crippen molar-refractivity contribution in [1.82, 2.24) is 9.55 Å². The molecule has 0 amide bonds. The van der Waals surface area contributed by atoms with Gasteiger partial charge in [0.15, 0.2) is 11.6 Å². The van der Waals surface area contributed by atoms with Gasteiger partial charge in [0.1, 0.15) is 12.0 Å². The van der Waals surface area contributed by atoms with E-state index in [0.29, 0.717) is 12.2 Å². The Bertz CT molecular complexity index is 919. The summed E-state index contributed by atoms with van der Waals surface area (Å²) in [6.07, 6.45) is 0.0724. The summed E-state index contributed by atoms with van der Waals surface area (Å²) in [7, 11) is -3.79. The van der Waals surface area contributed by atoms with Gasteiger partial charge in [-0.25, -0.2) is 13.8 Å². The van der Waals surface area contributed by atoms with Crippen LogP contribution in [0.3, 0.4) is 0 Å². The van der Waals surface area contributed by atoms with E-state index in [0.717, 1.165) is 10.8 Å². The van der Waals surface area contributed by atoms with Crippen LogP contribution in [0.15, 0.2) is 41.3 Å². The largest absolute Gasteiger partial charge is 0.530 e. The molecule has 1 aromatic heterocycles. The standard InChI is InChI=1S/C16H17FN3O6P/c17-12-7-20(16(21)19-15(12)18)14-6-10-8-23-27(22,24-9-13(10)25-14)26-11-4-2-1-3-5-11/h1-5,7,10,13-14H,6,8-9H2,(H2,18,19,21)/t10-,13-,14-,27?/m1/s1. The Hall–Kier alpha value is -2.26. The summed E-state index contributed by atoms with van der Waals surface area (Å²) < 4.78 is 49.3. The number of ether oxygens (including phenoxy) is 1. The molecule has 2 aromatic rings. The fourth-order valence-electron chi connectivity index (χ4n) is 3.03. The number of anilines is 1. The third-order valence-electron chi connectivity index (χ3n) is 4.41. The molecule has 2 aliphatic rings. The van der Waals surface area contributed by atoms with Gasteiger partial charge < -0.3 is 15.0 Å². The quantitative estimate of drug-likeness (QED) is 0.783. The third kappa shape index (κ3) is 3.74. The van der Waals surface area contributed by atoms with E-state index in [1.807, 2.05) is 0 Å². The van der Waals surface area contributed by atoms with Crippen LogP contribution in [0.2, 0.25) is 0 Å². The lowest BCUT2D eigenvalue weighted by Crippen LogP contribution is -2.29. The molecular formula is C16H17FN3O6P. The molecule has 0 saturated carbocycles. The smallest absolute Gasteiger partial charge is 0.404 e. The lowest BCUT2D eigenvalue weighted by molar-refractivity contribution is -0.0262. The lowest BCUT2D eigenvalue weighted by atomic mass is 10.0. The number of rotatable bonds is 3. The van der Waals surface area contributed by atoms with Gasteiger partial charge in [0.2, 0.25) is 0 Å². The number of hydrogen-bond acceptors (Lipinski definition) is 8. The van der Waals surface area contributed by atoms with Gasteiger partial charge in [-0.05, 0) is 12.1 Å². The number of nitrogen functional groups attached to an aromatic ring is 1. The second-order valence-electron chi connectivity index (χ2n) is 6.23. The fourth-order valence-corrected chi connectivity index (χ4v) is 4.29. The Morgan fingerprint density at radius 1 is 1.26 bits per heavy atom. The van der Waals surface area contributed by atoms with Crippen LogP contribution < -0.4 is 15.9 Å². The first kappa shape index (κ1) is 18.1. The van der Waals surface area contributed by atoms with Gasteiger partial charge in [-0.15, -0.1) is 0 Å². The van der Waals surface area contributed by atoms with E-state index in [2.05, 4.69) is 4.98 Å². The van der Waals surface area contributed by atoms with Crippen LogP contribution in [0.25, 0.3) is 0 Å². The number of nitrogens with two attached hydrogens (primary N) is 1. The molecular weight excluding hydrogens is 380 g/mol. The zero-order valence-electron chi connectivity index (χ0n) is 14.1. The Morgan fingerprint density at radius 2 is 2.00 bits per heavy atom. The highest BCUT2D eigenvalue weighted by Gasteiger charge is 2.44. The van der Waals surface area contributed by atoms with Gasteiger partial charge >= 0.3 is 13.5 Å². The summed E-state index contributed by atoms with van der Waals surface area (Å²) in [5.41, 5.74) is 4.58. The van der Waals surface area contributed by atoms with Crippen LogP contribution in [-0.2, 0) is 18.3 Å². The van der Waals surface area contributed by atoms with Crippen LogP contribution in [0.5, 0.6) is 5.75 Å². The maximum absolute atomic E-state index is 13.7. The van der Waals surface area contributed by atoms with E-state index in [1.165, 1.54) is 0 Å². The number of hydrogen-bond donors (Lipinski definition) is 1. The van der Waals surface area contributed by atoms with Gasteiger partial charge in [0.05, 0.1) is 25.5 Å². The Balaban J connectivity index is 1.46. The number of fused-ring (bicyclic) bond motifs is 1. The molecule has 1 unspecified atom stereocenters. The topological polar surface area (TPSA) is 115 Å². The highest BCUT2D eigenvalue weighted by molar-refractivity contribution is 7.48. The predicted molar refractivity (Wildman–Crippen MR) is 91.5 cm³/mol. The van der Waals surface area contributed by atoms with Crippen molar-refractivity contribution in [1.29, 1.82) is 0 Å². The first-order valence-corrected chi connectivity index (χ1v) is 9.73.